The highest BCUT2D eigenvalue weighted by molar-refractivity contribution is 5.95. The second kappa shape index (κ2) is 18.3. The summed E-state index contributed by atoms with van der Waals surface area (Å²) in [5.74, 6) is -4.39. The van der Waals surface area contributed by atoms with Gasteiger partial charge in [0, 0.05) is 43.5 Å². The molecule has 2 aliphatic rings. The third-order valence-corrected chi connectivity index (χ3v) is 8.19. The maximum Gasteiger partial charge on any atom is 0.490 e. The molecule has 3 aromatic carbocycles. The quantitative estimate of drug-likeness (QED) is 0.147. The van der Waals surface area contributed by atoms with Crippen LogP contribution in [0.1, 0.15) is 47.7 Å². The molecule has 1 aliphatic carbocycles. The summed E-state index contributed by atoms with van der Waals surface area (Å²) in [6.45, 7) is 6.26. The summed E-state index contributed by atoms with van der Waals surface area (Å²) in [6.07, 6.45) is 6.17. The lowest BCUT2D eigenvalue weighted by Crippen LogP contribution is -2.34. The number of halogens is 3. The molecule has 3 N–H and O–H groups in total. The molecule has 0 saturated carbocycles. The van der Waals surface area contributed by atoms with Crippen LogP contribution in [0.15, 0.2) is 109 Å². The van der Waals surface area contributed by atoms with Crippen molar-refractivity contribution < 1.29 is 42.5 Å². The molecule has 51 heavy (non-hydrogen) atoms. The minimum absolute atomic E-state index is 0.0767. The van der Waals surface area contributed by atoms with Crippen molar-refractivity contribution in [1.82, 2.24) is 15.1 Å². The van der Waals surface area contributed by atoms with Gasteiger partial charge in [-0.2, -0.15) is 13.2 Å². The number of benzene rings is 3. The third kappa shape index (κ3) is 12.1. The van der Waals surface area contributed by atoms with Crippen LogP contribution in [0, 0.1) is 0 Å². The van der Waals surface area contributed by atoms with Gasteiger partial charge in [-0.05, 0) is 91.5 Å². The minimum atomic E-state index is -5.08. The molecule has 0 spiro atoms. The number of allylic oxidation sites excluding steroid dienone is 1. The summed E-state index contributed by atoms with van der Waals surface area (Å²) in [7, 11) is 0. The number of carbonyl (C=O) groups is 3. The van der Waals surface area contributed by atoms with E-state index in [9.17, 15) is 27.9 Å². The normalized spacial score (nSPS) is 17.4. The van der Waals surface area contributed by atoms with Gasteiger partial charge in [-0.3, -0.25) is 9.59 Å². The first-order chi connectivity index (χ1) is 24.4. The van der Waals surface area contributed by atoms with Crippen molar-refractivity contribution in [2.45, 2.75) is 44.7 Å². The molecule has 1 fully saturated rings. The number of aliphatic carboxylic acids is 1. The monoisotopic (exact) mass is 705 g/mol. The summed E-state index contributed by atoms with van der Waals surface area (Å²) in [4.78, 5) is 39.4. The van der Waals surface area contributed by atoms with Gasteiger partial charge in [-0.15, -0.1) is 0 Å². The Morgan fingerprint density at radius 2 is 1.65 bits per heavy atom. The standard InChI is InChI=1S/C37H41N3O4.C2HF3O2/c1-2-44-37(43)20-18-34(19-21-37)40(35(41)17-16-29-10-4-3-5-11-29)28-30-12-8-13-31(26-30)32-14-9-15-33(27-32)36(42)38-22-25-39-23-6-7-24-39;3-2(4,5)1(6)7/h3-5,8-20,26-27,43H,2,6-7,21-25,28H2,1H3,(H,38,42);(H,6,7). The van der Waals surface area contributed by atoms with E-state index in [0.717, 1.165) is 41.9 Å². The number of alkyl halides is 3. The van der Waals surface area contributed by atoms with Gasteiger partial charge in [0.15, 0.2) is 5.79 Å². The van der Waals surface area contributed by atoms with Crippen molar-refractivity contribution in [3.05, 3.63) is 126 Å². The maximum absolute atomic E-state index is 13.6. The van der Waals surface area contributed by atoms with Crippen LogP contribution in [-0.4, -0.2) is 82.5 Å². The zero-order chi connectivity index (χ0) is 36.9. The molecule has 1 atom stereocenters. The lowest BCUT2D eigenvalue weighted by molar-refractivity contribution is -0.192. The van der Waals surface area contributed by atoms with Crippen LogP contribution in [0.5, 0.6) is 0 Å². The number of hydrogen-bond acceptors (Lipinski definition) is 6. The molecule has 1 aliphatic heterocycles. The Kier molecular flexibility index (Phi) is 13.9. The molecule has 270 valence electrons. The molecular formula is C39H42F3N3O6. The largest absolute Gasteiger partial charge is 0.490 e. The zero-order valence-electron chi connectivity index (χ0n) is 28.3. The molecule has 2 amide bonds. The summed E-state index contributed by atoms with van der Waals surface area (Å²) in [5, 5.41) is 20.9. The Morgan fingerprint density at radius 1 is 0.980 bits per heavy atom. The van der Waals surface area contributed by atoms with Crippen LogP contribution in [0.25, 0.3) is 17.2 Å². The Morgan fingerprint density at radius 3 is 2.27 bits per heavy atom. The minimum Gasteiger partial charge on any atom is -0.475 e. The number of rotatable bonds is 12. The molecule has 0 bridgehead atoms. The predicted molar refractivity (Wildman–Crippen MR) is 188 cm³/mol. The summed E-state index contributed by atoms with van der Waals surface area (Å²) >= 11 is 0. The number of nitrogens with zero attached hydrogens (tertiary/aromatic N) is 2. The van der Waals surface area contributed by atoms with E-state index in [0.29, 0.717) is 31.0 Å². The van der Waals surface area contributed by atoms with Crippen LogP contribution in [-0.2, 0) is 20.9 Å². The average molecular weight is 706 g/mol. The molecule has 1 saturated heterocycles. The van der Waals surface area contributed by atoms with Gasteiger partial charge in [0.05, 0.1) is 6.54 Å². The van der Waals surface area contributed by atoms with Crippen LogP contribution in [0.2, 0.25) is 0 Å². The Labute approximate surface area is 295 Å². The highest BCUT2D eigenvalue weighted by atomic mass is 19.4. The van der Waals surface area contributed by atoms with Gasteiger partial charge in [0.2, 0.25) is 0 Å². The maximum atomic E-state index is 13.6. The number of aliphatic hydroxyl groups is 1. The van der Waals surface area contributed by atoms with Crippen molar-refractivity contribution in [3.8, 4) is 11.1 Å². The first-order valence-corrected chi connectivity index (χ1v) is 16.7. The molecule has 12 heteroatoms. The van der Waals surface area contributed by atoms with Crippen LogP contribution in [0.4, 0.5) is 13.2 Å². The Balaban J connectivity index is 0.000000755. The van der Waals surface area contributed by atoms with Crippen molar-refractivity contribution >= 4 is 23.9 Å². The number of nitrogens with one attached hydrogen (secondary N) is 1. The SMILES string of the molecule is CCOC1(O)C=CC(N(Cc2cccc(-c3cccc(C(=O)NCCN4CCCC4)c3)c2)C(=O)C=Cc2ccccc2)=CC1.O=C(O)C(F)(F)F. The summed E-state index contributed by atoms with van der Waals surface area (Å²) in [6, 6.07) is 25.4. The van der Waals surface area contributed by atoms with E-state index in [4.69, 9.17) is 14.6 Å². The van der Waals surface area contributed by atoms with Crippen molar-refractivity contribution in [2.24, 2.45) is 0 Å². The summed E-state index contributed by atoms with van der Waals surface area (Å²) < 4.78 is 37.2. The fraction of sp³-hybridized carbons (Fsp3) is 0.308. The van der Waals surface area contributed by atoms with Crippen LogP contribution in [0.3, 0.4) is 0 Å². The molecule has 5 rings (SSSR count). The van der Waals surface area contributed by atoms with Crippen molar-refractivity contribution in [1.29, 1.82) is 0 Å². The van der Waals surface area contributed by atoms with E-state index in [1.807, 2.05) is 85.8 Å². The summed E-state index contributed by atoms with van der Waals surface area (Å²) in [5.41, 5.74) is 5.07. The van der Waals surface area contributed by atoms with E-state index >= 15 is 0 Å². The smallest absolute Gasteiger partial charge is 0.475 e. The second-order valence-electron chi connectivity index (χ2n) is 12.0. The number of amides is 2. The molecule has 1 heterocycles. The van der Waals surface area contributed by atoms with Crippen molar-refractivity contribution in [2.75, 3.05) is 32.8 Å². The lowest BCUT2D eigenvalue weighted by Gasteiger charge is -2.30. The predicted octanol–water partition coefficient (Wildman–Crippen LogP) is 6.42. The molecule has 1 unspecified atom stereocenters. The van der Waals surface area contributed by atoms with Gasteiger partial charge in [-0.25, -0.2) is 4.79 Å². The molecule has 9 nitrogen and oxygen atoms in total. The van der Waals surface area contributed by atoms with Gasteiger partial charge < -0.3 is 30.1 Å². The lowest BCUT2D eigenvalue weighted by atomic mass is 10.00. The van der Waals surface area contributed by atoms with E-state index < -0.39 is 17.9 Å². The van der Waals surface area contributed by atoms with E-state index in [1.54, 1.807) is 29.2 Å². The highest BCUT2D eigenvalue weighted by Crippen LogP contribution is 2.27. The van der Waals surface area contributed by atoms with E-state index in [1.165, 1.54) is 12.8 Å². The average Bonchev–Trinajstić information content (AvgIpc) is 3.64. The van der Waals surface area contributed by atoms with E-state index in [2.05, 4.69) is 16.3 Å². The van der Waals surface area contributed by atoms with Crippen LogP contribution < -0.4 is 5.32 Å². The number of hydrogen-bond donors (Lipinski definition) is 3. The fourth-order valence-electron chi connectivity index (χ4n) is 5.59. The topological polar surface area (TPSA) is 119 Å². The number of ether oxygens (including phenoxy) is 1. The fourth-order valence-corrected chi connectivity index (χ4v) is 5.59. The molecular weight excluding hydrogens is 663 g/mol. The van der Waals surface area contributed by atoms with Gasteiger partial charge in [0.1, 0.15) is 0 Å². The van der Waals surface area contributed by atoms with E-state index in [-0.39, 0.29) is 18.2 Å². The number of carboxylic acids is 1. The Hall–Kier alpha value is -5.04. The van der Waals surface area contributed by atoms with Crippen LogP contribution >= 0.6 is 0 Å². The van der Waals surface area contributed by atoms with Crippen molar-refractivity contribution in [3.63, 3.8) is 0 Å². The highest BCUT2D eigenvalue weighted by Gasteiger charge is 2.38. The number of likely N-dealkylation sites (tertiary alicyclic amines) is 1. The van der Waals surface area contributed by atoms with Gasteiger partial charge in [-0.1, -0.05) is 66.7 Å². The number of carbonyl (C=O) groups excluding carboxylic acids is 2. The molecule has 0 aromatic heterocycles. The third-order valence-electron chi connectivity index (χ3n) is 8.19. The first kappa shape index (κ1) is 38.8. The van der Waals surface area contributed by atoms with Gasteiger partial charge in [0.25, 0.3) is 11.8 Å². The zero-order valence-corrected chi connectivity index (χ0v) is 28.3. The molecule has 0 radical (unpaired) electrons. The Bertz CT molecular complexity index is 1740. The molecule has 3 aromatic rings. The number of carboxylic acid groups (broad SMARTS) is 1. The first-order valence-electron chi connectivity index (χ1n) is 16.7. The van der Waals surface area contributed by atoms with Gasteiger partial charge >= 0.3 is 12.1 Å². The second-order valence-corrected chi connectivity index (χ2v) is 12.0.